The minimum absolute atomic E-state index is 0.0301. The molecule has 2 N–H and O–H groups in total. The van der Waals surface area contributed by atoms with Gasteiger partial charge in [0.05, 0.1) is 11.2 Å². The van der Waals surface area contributed by atoms with Gasteiger partial charge in [-0.15, -0.1) is 0 Å². The number of hydrogen-bond acceptors (Lipinski definition) is 5. The Bertz CT molecular complexity index is 816. The summed E-state index contributed by atoms with van der Waals surface area (Å²) in [7, 11) is -2.57. The highest BCUT2D eigenvalue weighted by Crippen LogP contribution is 2.29. The van der Waals surface area contributed by atoms with Crippen LogP contribution in [0.1, 0.15) is 11.0 Å². The van der Waals surface area contributed by atoms with E-state index in [-0.39, 0.29) is 17.2 Å². The van der Waals surface area contributed by atoms with Gasteiger partial charge in [0.15, 0.2) is 9.84 Å². The Morgan fingerprint density at radius 2 is 1.83 bits per heavy atom. The lowest BCUT2D eigenvalue weighted by Gasteiger charge is -2.16. The van der Waals surface area contributed by atoms with Gasteiger partial charge in [-0.05, 0) is 36.4 Å². The summed E-state index contributed by atoms with van der Waals surface area (Å²) in [5.74, 6) is -1.64. The predicted octanol–water partition coefficient (Wildman–Crippen LogP) is 1.31. The summed E-state index contributed by atoms with van der Waals surface area (Å²) in [4.78, 5) is 22.9. The Hall–Kier alpha value is -2.32. The molecule has 0 bridgehead atoms. The number of nitrogens with one attached hydrogen (secondary N) is 2. The molecule has 2 rings (SSSR count). The van der Waals surface area contributed by atoms with E-state index < -0.39 is 26.9 Å². The van der Waals surface area contributed by atoms with E-state index in [1.54, 1.807) is 6.07 Å². The number of hydrogen-bond donors (Lipinski definition) is 2. The number of halogens is 1. The molecule has 0 fully saturated rings. The maximum atomic E-state index is 12.8. The van der Waals surface area contributed by atoms with Crippen LogP contribution in [0.25, 0.3) is 0 Å². The zero-order valence-electron chi connectivity index (χ0n) is 12.7. The van der Waals surface area contributed by atoms with Gasteiger partial charge in [-0.3, -0.25) is 9.59 Å². The van der Waals surface area contributed by atoms with Gasteiger partial charge in [-0.2, -0.15) is 0 Å². The van der Waals surface area contributed by atoms with Crippen LogP contribution < -0.4 is 10.6 Å². The van der Waals surface area contributed by atoms with Crippen LogP contribution in [0.2, 0.25) is 5.02 Å². The fourth-order valence-corrected chi connectivity index (χ4v) is 3.72. The predicted molar refractivity (Wildman–Crippen MR) is 87.2 cm³/mol. The van der Waals surface area contributed by atoms with Gasteiger partial charge >= 0.3 is 11.8 Å². The Kier molecular flexibility index (Phi) is 5.63. The molecule has 24 heavy (non-hydrogen) atoms. The molecule has 2 aromatic rings. The van der Waals surface area contributed by atoms with Gasteiger partial charge < -0.3 is 15.1 Å². The van der Waals surface area contributed by atoms with E-state index in [4.69, 9.17) is 16.0 Å². The average Bonchev–Trinajstić information content (AvgIpc) is 3.08. The molecule has 0 saturated heterocycles. The van der Waals surface area contributed by atoms with Crippen LogP contribution in [0, 0.1) is 0 Å². The maximum absolute atomic E-state index is 12.8. The molecule has 0 aliphatic carbocycles. The Morgan fingerprint density at radius 1 is 1.17 bits per heavy atom. The highest BCUT2D eigenvalue weighted by atomic mass is 35.5. The van der Waals surface area contributed by atoms with E-state index in [1.165, 1.54) is 43.6 Å². The first-order valence-corrected chi connectivity index (χ1v) is 8.81. The van der Waals surface area contributed by atoms with Crippen LogP contribution in [0.5, 0.6) is 0 Å². The Labute approximate surface area is 143 Å². The first kappa shape index (κ1) is 18.0. The molecule has 2 amide bonds. The summed E-state index contributed by atoms with van der Waals surface area (Å²) in [5, 5.41) is 3.68. The van der Waals surface area contributed by atoms with Crippen LogP contribution in [-0.2, 0) is 19.4 Å². The first-order valence-electron chi connectivity index (χ1n) is 6.89. The Balaban J connectivity index is 2.31. The van der Waals surface area contributed by atoms with Gasteiger partial charge in [0, 0.05) is 18.6 Å². The lowest BCUT2D eigenvalue weighted by atomic mass is 10.3. The number of likely N-dealkylation sites (N-methyl/N-ethyl adjacent to an activating group) is 1. The van der Waals surface area contributed by atoms with Crippen LogP contribution in [0.15, 0.2) is 52.0 Å². The van der Waals surface area contributed by atoms with E-state index in [9.17, 15) is 18.0 Å². The molecule has 0 aliphatic rings. The summed E-state index contributed by atoms with van der Waals surface area (Å²) < 4.78 is 30.9. The normalized spacial score (nSPS) is 12.4. The zero-order valence-corrected chi connectivity index (χ0v) is 14.2. The van der Waals surface area contributed by atoms with Crippen molar-refractivity contribution < 1.29 is 22.4 Å². The van der Waals surface area contributed by atoms with Gasteiger partial charge in [-0.25, -0.2) is 8.42 Å². The van der Waals surface area contributed by atoms with Gasteiger partial charge in [0.2, 0.25) is 0 Å². The van der Waals surface area contributed by atoms with Crippen molar-refractivity contribution >= 4 is 33.3 Å². The van der Waals surface area contributed by atoms with E-state index in [0.717, 1.165) is 0 Å². The lowest BCUT2D eigenvalue weighted by Crippen LogP contribution is -2.40. The third-order valence-corrected chi connectivity index (χ3v) is 5.59. The molecular weight excluding hydrogens is 356 g/mol. The summed E-state index contributed by atoms with van der Waals surface area (Å²) in [6.45, 7) is -0.315. The van der Waals surface area contributed by atoms with E-state index in [1.807, 2.05) is 0 Å². The molecule has 9 heteroatoms. The fourth-order valence-electron chi connectivity index (χ4n) is 2.01. The molecular formula is C15H15ClN2O5S. The topological polar surface area (TPSA) is 105 Å². The summed E-state index contributed by atoms with van der Waals surface area (Å²) in [6.07, 6.45) is 1.33. The van der Waals surface area contributed by atoms with Crippen molar-refractivity contribution in [1.29, 1.82) is 0 Å². The lowest BCUT2D eigenvalue weighted by molar-refractivity contribution is -0.138. The second kappa shape index (κ2) is 7.50. The molecule has 128 valence electrons. The number of amides is 2. The second-order valence-corrected chi connectivity index (χ2v) is 7.36. The number of carbonyl (C=O) groups is 2. The summed E-state index contributed by atoms with van der Waals surface area (Å²) in [5.41, 5.74) is 0. The summed E-state index contributed by atoms with van der Waals surface area (Å²) >= 11 is 5.78. The monoisotopic (exact) mass is 370 g/mol. The van der Waals surface area contributed by atoms with E-state index >= 15 is 0 Å². The van der Waals surface area contributed by atoms with Crippen molar-refractivity contribution in [2.24, 2.45) is 0 Å². The highest BCUT2D eigenvalue weighted by molar-refractivity contribution is 7.91. The molecule has 0 spiro atoms. The fraction of sp³-hybridized carbons (Fsp3) is 0.200. The van der Waals surface area contributed by atoms with Crippen LogP contribution in [0.3, 0.4) is 0 Å². The van der Waals surface area contributed by atoms with Gasteiger partial charge in [0.1, 0.15) is 11.0 Å². The number of rotatable bonds is 5. The number of carbonyl (C=O) groups excluding carboxylic acids is 2. The second-order valence-electron chi connectivity index (χ2n) is 4.79. The molecule has 1 aromatic heterocycles. The van der Waals surface area contributed by atoms with Crippen molar-refractivity contribution in [2.45, 2.75) is 10.1 Å². The van der Waals surface area contributed by atoms with Crippen LogP contribution in [-0.4, -0.2) is 33.8 Å². The molecule has 0 saturated carbocycles. The van der Waals surface area contributed by atoms with Crippen molar-refractivity contribution in [3.05, 3.63) is 53.4 Å². The third kappa shape index (κ3) is 3.95. The minimum atomic E-state index is -3.87. The minimum Gasteiger partial charge on any atom is -0.468 e. The van der Waals surface area contributed by atoms with E-state index in [2.05, 4.69) is 10.6 Å². The molecule has 0 aliphatic heterocycles. The zero-order chi connectivity index (χ0) is 17.7. The number of furan rings is 1. The number of benzene rings is 1. The molecule has 0 radical (unpaired) electrons. The van der Waals surface area contributed by atoms with Crippen molar-refractivity contribution in [2.75, 3.05) is 13.6 Å². The quantitative estimate of drug-likeness (QED) is 0.772. The average molecular weight is 371 g/mol. The van der Waals surface area contributed by atoms with Crippen LogP contribution in [0.4, 0.5) is 0 Å². The third-order valence-electron chi connectivity index (χ3n) is 3.26. The largest absolute Gasteiger partial charge is 0.468 e. The molecule has 1 aromatic carbocycles. The standard InChI is InChI=1S/C15H15ClN2O5S/c1-17-14(19)15(20)18-9-13(12-3-2-8-23-12)24(21,22)11-6-4-10(16)5-7-11/h2-8,13H,9H2,1H3,(H,17,19)(H,18,20)/t13-/m1/s1. The van der Waals surface area contributed by atoms with Crippen molar-refractivity contribution in [3.8, 4) is 0 Å². The summed E-state index contributed by atoms with van der Waals surface area (Å²) in [6, 6.07) is 8.68. The maximum Gasteiger partial charge on any atom is 0.309 e. The number of sulfone groups is 1. The molecule has 7 nitrogen and oxygen atoms in total. The first-order chi connectivity index (χ1) is 11.4. The van der Waals surface area contributed by atoms with Crippen LogP contribution >= 0.6 is 11.6 Å². The SMILES string of the molecule is CNC(=O)C(=O)NC[C@H](c1ccco1)S(=O)(=O)c1ccc(Cl)cc1. The Morgan fingerprint density at radius 3 is 2.38 bits per heavy atom. The van der Waals surface area contributed by atoms with Crippen molar-refractivity contribution in [1.82, 2.24) is 10.6 Å². The molecule has 0 unspecified atom stereocenters. The van der Waals surface area contributed by atoms with Gasteiger partial charge in [0.25, 0.3) is 0 Å². The van der Waals surface area contributed by atoms with E-state index in [0.29, 0.717) is 5.02 Å². The smallest absolute Gasteiger partial charge is 0.309 e. The van der Waals surface area contributed by atoms with Crippen molar-refractivity contribution in [3.63, 3.8) is 0 Å². The molecule has 1 heterocycles. The van der Waals surface area contributed by atoms with Gasteiger partial charge in [-0.1, -0.05) is 11.6 Å². The molecule has 1 atom stereocenters. The highest BCUT2D eigenvalue weighted by Gasteiger charge is 2.32.